The first-order chi connectivity index (χ1) is 22.2. The number of ether oxygens (including phenoxy) is 4. The average molecular weight is 629 g/mol. The van der Waals surface area contributed by atoms with Crippen molar-refractivity contribution in [3.05, 3.63) is 94.4 Å². The predicted octanol–water partition coefficient (Wildman–Crippen LogP) is 5.47. The number of para-hydroxylation sites is 1. The molecule has 0 bridgehead atoms. The fourth-order valence-electron chi connectivity index (χ4n) is 5.86. The Hall–Kier alpha value is -4.12. The molecule has 1 fully saturated rings. The van der Waals surface area contributed by atoms with Gasteiger partial charge in [0.05, 0.1) is 57.3 Å². The van der Waals surface area contributed by atoms with Gasteiger partial charge in [0, 0.05) is 47.9 Å². The zero-order chi connectivity index (χ0) is 30.8. The number of anilines is 2. The summed E-state index contributed by atoms with van der Waals surface area (Å²) in [5.41, 5.74) is 7.38. The molecule has 236 valence electrons. The molecule has 0 radical (unpaired) electrons. The van der Waals surface area contributed by atoms with Gasteiger partial charge in [-0.25, -0.2) is 4.98 Å². The van der Waals surface area contributed by atoms with Gasteiger partial charge in [0.2, 0.25) is 5.91 Å². The number of piperazine rings is 1. The number of rotatable bonds is 14. The van der Waals surface area contributed by atoms with E-state index in [4.69, 9.17) is 18.9 Å². The van der Waals surface area contributed by atoms with Crippen molar-refractivity contribution < 1.29 is 23.7 Å². The molecule has 1 N–H and O–H groups in total. The normalized spacial score (nSPS) is 16.4. The molecule has 4 aromatic rings. The number of carbonyl (C=O) groups is 1. The second-order valence-electron chi connectivity index (χ2n) is 11.2. The lowest BCUT2D eigenvalue weighted by Crippen LogP contribution is -2.57. The zero-order valence-electron chi connectivity index (χ0n) is 25.7. The zero-order valence-corrected chi connectivity index (χ0v) is 26.5. The lowest BCUT2D eigenvalue weighted by atomic mass is 10.0. The highest BCUT2D eigenvalue weighted by atomic mass is 32.1. The molecule has 3 heterocycles. The summed E-state index contributed by atoms with van der Waals surface area (Å²) < 4.78 is 23.4. The molecular weight excluding hydrogens is 588 g/mol. The summed E-state index contributed by atoms with van der Waals surface area (Å²) in [7, 11) is 1.67. The Balaban J connectivity index is 1.01. The van der Waals surface area contributed by atoms with E-state index < -0.39 is 0 Å². The maximum Gasteiger partial charge on any atom is 0.241 e. The Morgan fingerprint density at radius 2 is 1.89 bits per heavy atom. The van der Waals surface area contributed by atoms with Crippen LogP contribution in [0.4, 0.5) is 11.4 Å². The van der Waals surface area contributed by atoms with Crippen LogP contribution >= 0.6 is 11.3 Å². The highest BCUT2D eigenvalue weighted by Gasteiger charge is 2.30. The van der Waals surface area contributed by atoms with Crippen molar-refractivity contribution in [3.63, 3.8) is 0 Å². The molecule has 0 aliphatic carbocycles. The second kappa shape index (κ2) is 15.2. The van der Waals surface area contributed by atoms with Gasteiger partial charge in [-0.05, 0) is 54.8 Å². The number of nitrogens with zero attached hydrogens (tertiary/aromatic N) is 3. The molecule has 2 aliphatic rings. The minimum atomic E-state index is -0.138. The van der Waals surface area contributed by atoms with Crippen LogP contribution in [0.15, 0.2) is 77.6 Å². The van der Waals surface area contributed by atoms with Gasteiger partial charge in [-0.1, -0.05) is 24.3 Å². The third-order valence-corrected chi connectivity index (χ3v) is 8.74. The molecular formula is C35H40N4O5S. The van der Waals surface area contributed by atoms with E-state index in [1.807, 2.05) is 65.0 Å². The van der Waals surface area contributed by atoms with Gasteiger partial charge in [0.25, 0.3) is 0 Å². The number of hydrogen-bond acceptors (Lipinski definition) is 9. The number of aryl methyl sites for hydroxylation is 1. The molecule has 45 heavy (non-hydrogen) atoms. The van der Waals surface area contributed by atoms with Crippen molar-refractivity contribution in [2.45, 2.75) is 38.5 Å². The van der Waals surface area contributed by atoms with Crippen LogP contribution in [0.25, 0.3) is 0 Å². The van der Waals surface area contributed by atoms with Gasteiger partial charge in [0.1, 0.15) is 23.9 Å². The molecule has 0 unspecified atom stereocenters. The molecule has 1 saturated heterocycles. The molecule has 3 aromatic carbocycles. The number of nitrogens with one attached hydrogen (secondary N) is 1. The summed E-state index contributed by atoms with van der Waals surface area (Å²) in [4.78, 5) is 21.8. The first-order valence-electron chi connectivity index (χ1n) is 15.5. The minimum Gasteiger partial charge on any atom is -0.496 e. The Bertz CT molecular complexity index is 1530. The van der Waals surface area contributed by atoms with E-state index in [0.717, 1.165) is 66.5 Å². The Kier molecular flexibility index (Phi) is 10.5. The fraction of sp³-hybridized carbons (Fsp3) is 0.371. The third-order valence-electron chi connectivity index (χ3n) is 8.11. The van der Waals surface area contributed by atoms with Crippen molar-refractivity contribution in [2.75, 3.05) is 56.4 Å². The summed E-state index contributed by atoms with van der Waals surface area (Å²) in [6, 6.07) is 21.8. The van der Waals surface area contributed by atoms with E-state index >= 15 is 0 Å². The summed E-state index contributed by atoms with van der Waals surface area (Å²) in [5.74, 6) is 2.43. The maximum atomic E-state index is 13.0. The van der Waals surface area contributed by atoms with E-state index in [2.05, 4.69) is 32.7 Å². The summed E-state index contributed by atoms with van der Waals surface area (Å²) in [6.45, 7) is 4.76. The lowest BCUT2D eigenvalue weighted by Gasteiger charge is -2.36. The molecule has 0 spiro atoms. The number of benzene rings is 3. The van der Waals surface area contributed by atoms with Crippen LogP contribution in [0.2, 0.25) is 0 Å². The van der Waals surface area contributed by atoms with Gasteiger partial charge in [-0.3, -0.25) is 4.79 Å². The van der Waals surface area contributed by atoms with E-state index in [-0.39, 0.29) is 11.9 Å². The van der Waals surface area contributed by atoms with Gasteiger partial charge < -0.3 is 34.1 Å². The van der Waals surface area contributed by atoms with Crippen molar-refractivity contribution >= 4 is 28.6 Å². The van der Waals surface area contributed by atoms with Crippen molar-refractivity contribution in [1.82, 2.24) is 10.3 Å². The monoisotopic (exact) mass is 628 g/mol. The third kappa shape index (κ3) is 7.94. The van der Waals surface area contributed by atoms with Crippen molar-refractivity contribution in [3.8, 4) is 17.2 Å². The first-order valence-corrected chi connectivity index (χ1v) is 16.5. The second-order valence-corrected chi connectivity index (χ2v) is 11.9. The highest BCUT2D eigenvalue weighted by molar-refractivity contribution is 7.07. The number of hydrogen-bond donors (Lipinski definition) is 1. The van der Waals surface area contributed by atoms with Gasteiger partial charge >= 0.3 is 0 Å². The van der Waals surface area contributed by atoms with Crippen LogP contribution in [0.1, 0.15) is 29.7 Å². The topological polar surface area (TPSA) is 85.4 Å². The standard InChI is InChI=1S/C35H40N4O5S/c1-41-34-8-3-2-6-27(34)22-42-16-5-17-43-31-13-10-29(11-14-31)39-30(19-36-20-35(39)40)23-44-32-12-9-26-7-4-15-38(33(26)18-32)21-28-24-45-25-37-28/h2-3,6,8-14,18,24-25,30,36H,4-5,7,15-17,19-23H2,1H3/t30-/m1/s1. The van der Waals surface area contributed by atoms with Gasteiger partial charge in [0.15, 0.2) is 0 Å². The molecule has 1 aromatic heterocycles. The molecule has 0 saturated carbocycles. The quantitative estimate of drug-likeness (QED) is 0.184. The van der Waals surface area contributed by atoms with Crippen LogP contribution in [0, 0.1) is 0 Å². The molecule has 2 aliphatic heterocycles. The highest BCUT2D eigenvalue weighted by Crippen LogP contribution is 2.32. The van der Waals surface area contributed by atoms with Crippen molar-refractivity contribution in [1.29, 1.82) is 0 Å². The van der Waals surface area contributed by atoms with E-state index in [9.17, 15) is 4.79 Å². The summed E-state index contributed by atoms with van der Waals surface area (Å²) in [6.07, 6.45) is 2.96. The van der Waals surface area contributed by atoms with Crippen molar-refractivity contribution in [2.24, 2.45) is 0 Å². The summed E-state index contributed by atoms with van der Waals surface area (Å²) >= 11 is 1.63. The van der Waals surface area contributed by atoms with Crippen LogP contribution in [0.5, 0.6) is 17.2 Å². The number of thiazole rings is 1. The molecule has 10 heteroatoms. The number of fused-ring (bicyclic) bond motifs is 1. The SMILES string of the molecule is COc1ccccc1COCCCOc1ccc(N2C(=O)CNC[C@@H]2COc2ccc3c(c2)N(Cc2cscn2)CCC3)cc1. The van der Waals surface area contributed by atoms with E-state index in [1.165, 1.54) is 11.3 Å². The maximum absolute atomic E-state index is 13.0. The Morgan fingerprint density at radius 1 is 1.02 bits per heavy atom. The van der Waals surface area contributed by atoms with Crippen LogP contribution in [-0.2, 0) is 29.1 Å². The summed E-state index contributed by atoms with van der Waals surface area (Å²) in [5, 5.41) is 5.35. The molecule has 1 atom stereocenters. The van der Waals surface area contributed by atoms with Gasteiger partial charge in [-0.15, -0.1) is 11.3 Å². The Labute approximate surface area is 268 Å². The molecule has 6 rings (SSSR count). The molecule has 9 nitrogen and oxygen atoms in total. The Morgan fingerprint density at radius 3 is 2.73 bits per heavy atom. The minimum absolute atomic E-state index is 0.0237. The fourth-order valence-corrected chi connectivity index (χ4v) is 6.41. The largest absolute Gasteiger partial charge is 0.496 e. The predicted molar refractivity (Wildman–Crippen MR) is 177 cm³/mol. The smallest absolute Gasteiger partial charge is 0.241 e. The number of methoxy groups -OCH3 is 1. The average Bonchev–Trinajstić information content (AvgIpc) is 3.59. The van der Waals surface area contributed by atoms with Crippen LogP contribution < -0.4 is 29.3 Å². The van der Waals surface area contributed by atoms with Gasteiger partial charge in [-0.2, -0.15) is 0 Å². The lowest BCUT2D eigenvalue weighted by molar-refractivity contribution is -0.119. The van der Waals surface area contributed by atoms with E-state index in [1.54, 1.807) is 18.4 Å². The van der Waals surface area contributed by atoms with E-state index in [0.29, 0.717) is 39.5 Å². The number of amides is 1. The van der Waals surface area contributed by atoms with Crippen LogP contribution in [0.3, 0.4) is 0 Å². The molecule has 1 amide bonds. The first kappa shape index (κ1) is 30.9. The number of carbonyl (C=O) groups excluding carboxylic acids is 1. The van der Waals surface area contributed by atoms with Crippen LogP contribution in [-0.4, -0.2) is 63.5 Å². The number of aromatic nitrogens is 1.